The Morgan fingerprint density at radius 1 is 1.46 bits per heavy atom. The van der Waals surface area contributed by atoms with Crippen LogP contribution < -0.4 is 5.32 Å². The fourth-order valence-corrected chi connectivity index (χ4v) is 3.41. The number of rotatable bonds is 2. The van der Waals surface area contributed by atoms with Crippen LogP contribution in [0.15, 0.2) is 0 Å². The van der Waals surface area contributed by atoms with Crippen molar-refractivity contribution >= 4 is 9.84 Å². The minimum absolute atomic E-state index is 0.0721. The molecule has 4 nitrogen and oxygen atoms in total. The van der Waals surface area contributed by atoms with Gasteiger partial charge in [0.2, 0.25) is 0 Å². The lowest BCUT2D eigenvalue weighted by Crippen LogP contribution is -2.60. The predicted octanol–water partition coefficient (Wildman–Crippen LogP) is -0.448. The minimum atomic E-state index is -2.80. The van der Waals surface area contributed by atoms with Crippen molar-refractivity contribution in [3.05, 3.63) is 0 Å². The molecule has 13 heavy (non-hydrogen) atoms. The largest absolute Gasteiger partial charge is 0.368 e. The van der Waals surface area contributed by atoms with Crippen molar-refractivity contribution in [2.45, 2.75) is 25.0 Å². The molecular weight excluding hydrogens is 190 g/mol. The van der Waals surface area contributed by atoms with Gasteiger partial charge in [0.25, 0.3) is 0 Å². The molecule has 0 saturated carbocycles. The fraction of sp³-hybridized carbons (Fsp3) is 1.00. The summed E-state index contributed by atoms with van der Waals surface area (Å²) in [6.07, 6.45) is 0.592. The van der Waals surface area contributed by atoms with Gasteiger partial charge in [0.15, 0.2) is 9.84 Å². The summed E-state index contributed by atoms with van der Waals surface area (Å²) in [6.45, 7) is 3.70. The van der Waals surface area contributed by atoms with Crippen molar-refractivity contribution in [1.82, 2.24) is 5.32 Å². The Morgan fingerprint density at radius 3 is 2.54 bits per heavy atom. The van der Waals surface area contributed by atoms with E-state index in [1.54, 1.807) is 0 Å². The van der Waals surface area contributed by atoms with Gasteiger partial charge in [-0.1, -0.05) is 0 Å². The average molecular weight is 205 g/mol. The minimum Gasteiger partial charge on any atom is -0.368 e. The van der Waals surface area contributed by atoms with E-state index >= 15 is 0 Å². The van der Waals surface area contributed by atoms with Gasteiger partial charge in [-0.3, -0.25) is 0 Å². The number of nitrogens with one attached hydrogen (secondary N) is 1. The molecule has 0 radical (unpaired) electrons. The zero-order valence-corrected chi connectivity index (χ0v) is 8.56. The molecule has 0 aromatic rings. The monoisotopic (exact) mass is 205 g/mol. The summed E-state index contributed by atoms with van der Waals surface area (Å²) in [4.78, 5) is 0. The van der Waals surface area contributed by atoms with E-state index in [1.807, 2.05) is 6.92 Å². The van der Waals surface area contributed by atoms with E-state index in [0.717, 1.165) is 13.1 Å². The van der Waals surface area contributed by atoms with Gasteiger partial charge in [-0.15, -0.1) is 0 Å². The van der Waals surface area contributed by atoms with E-state index < -0.39 is 9.84 Å². The molecule has 0 aliphatic carbocycles. The molecule has 76 valence electrons. The summed E-state index contributed by atoms with van der Waals surface area (Å²) in [5.41, 5.74) is -0.121. The van der Waals surface area contributed by atoms with Crippen LogP contribution >= 0.6 is 0 Å². The Balaban J connectivity index is 1.90. The molecule has 2 heterocycles. The van der Waals surface area contributed by atoms with Crippen LogP contribution in [0.2, 0.25) is 0 Å². The lowest BCUT2D eigenvalue weighted by Gasteiger charge is -2.40. The highest BCUT2D eigenvalue weighted by Gasteiger charge is 2.38. The first-order valence-electron chi connectivity index (χ1n) is 4.58. The van der Waals surface area contributed by atoms with E-state index in [9.17, 15) is 8.42 Å². The number of hydrogen-bond acceptors (Lipinski definition) is 4. The van der Waals surface area contributed by atoms with Gasteiger partial charge in [-0.2, -0.15) is 0 Å². The Labute approximate surface area is 78.6 Å². The summed E-state index contributed by atoms with van der Waals surface area (Å²) < 4.78 is 28.0. The molecule has 1 N–H and O–H groups in total. The lowest BCUT2D eigenvalue weighted by atomic mass is 9.99. The third-order valence-electron chi connectivity index (χ3n) is 2.64. The van der Waals surface area contributed by atoms with E-state index in [-0.39, 0.29) is 17.5 Å². The average Bonchev–Trinajstić information content (AvgIpc) is 2.27. The van der Waals surface area contributed by atoms with Crippen LogP contribution in [0.4, 0.5) is 0 Å². The Kier molecular flexibility index (Phi) is 2.13. The Bertz CT molecular complexity index is 295. The Hall–Kier alpha value is -0.130. The number of sulfone groups is 1. The zero-order valence-electron chi connectivity index (χ0n) is 7.75. The van der Waals surface area contributed by atoms with Gasteiger partial charge in [0, 0.05) is 13.1 Å². The van der Waals surface area contributed by atoms with E-state index in [1.165, 1.54) is 0 Å². The second kappa shape index (κ2) is 2.93. The molecule has 2 saturated heterocycles. The molecule has 0 bridgehead atoms. The molecule has 2 aliphatic heterocycles. The van der Waals surface area contributed by atoms with Gasteiger partial charge < -0.3 is 10.1 Å². The molecule has 0 spiro atoms. The molecule has 5 heteroatoms. The predicted molar refractivity (Wildman–Crippen MR) is 49.4 cm³/mol. The third kappa shape index (κ3) is 2.03. The quantitative estimate of drug-likeness (QED) is 0.663. The van der Waals surface area contributed by atoms with Crippen LogP contribution in [-0.4, -0.2) is 44.7 Å². The van der Waals surface area contributed by atoms with E-state index in [0.29, 0.717) is 12.2 Å². The van der Waals surface area contributed by atoms with E-state index in [2.05, 4.69) is 5.32 Å². The standard InChI is InChI=1S/C8H15NO3S/c1-8(5-9-6-8)12-7-2-3-13(10,11)4-7/h7,9H,2-6H2,1H3. The van der Waals surface area contributed by atoms with Crippen LogP contribution in [0, 0.1) is 0 Å². The highest BCUT2D eigenvalue weighted by Crippen LogP contribution is 2.23. The van der Waals surface area contributed by atoms with Gasteiger partial charge >= 0.3 is 0 Å². The Morgan fingerprint density at radius 2 is 2.15 bits per heavy atom. The SMILES string of the molecule is CC1(OC2CCS(=O)(=O)C2)CNC1. The number of ether oxygens (including phenoxy) is 1. The van der Waals surface area contributed by atoms with Gasteiger partial charge in [-0.25, -0.2) is 8.42 Å². The van der Waals surface area contributed by atoms with Crippen molar-refractivity contribution in [1.29, 1.82) is 0 Å². The van der Waals surface area contributed by atoms with E-state index in [4.69, 9.17) is 4.74 Å². The maximum atomic E-state index is 11.1. The fourth-order valence-electron chi connectivity index (χ4n) is 1.82. The van der Waals surface area contributed by atoms with Crippen LogP contribution in [0.5, 0.6) is 0 Å². The lowest BCUT2D eigenvalue weighted by molar-refractivity contribution is -0.101. The number of hydrogen-bond donors (Lipinski definition) is 1. The molecule has 2 fully saturated rings. The zero-order chi connectivity index (χ0) is 9.53. The second-order valence-corrected chi connectivity index (χ2v) is 6.43. The molecule has 1 atom stereocenters. The van der Waals surface area contributed by atoms with Gasteiger partial charge in [0.05, 0.1) is 23.2 Å². The van der Waals surface area contributed by atoms with Crippen molar-refractivity contribution in [2.75, 3.05) is 24.6 Å². The van der Waals surface area contributed by atoms with Crippen molar-refractivity contribution in [3.63, 3.8) is 0 Å². The highest BCUT2D eigenvalue weighted by atomic mass is 32.2. The molecule has 1 unspecified atom stereocenters. The maximum Gasteiger partial charge on any atom is 0.152 e. The van der Waals surface area contributed by atoms with Crippen LogP contribution in [0.25, 0.3) is 0 Å². The first-order chi connectivity index (χ1) is 5.99. The first-order valence-corrected chi connectivity index (χ1v) is 6.40. The van der Waals surface area contributed by atoms with Crippen molar-refractivity contribution < 1.29 is 13.2 Å². The van der Waals surface area contributed by atoms with Gasteiger partial charge in [0.1, 0.15) is 0 Å². The third-order valence-corrected chi connectivity index (χ3v) is 4.38. The molecule has 0 amide bonds. The summed E-state index contributed by atoms with van der Waals surface area (Å²) in [5.74, 6) is 0.504. The van der Waals surface area contributed by atoms with Gasteiger partial charge in [-0.05, 0) is 13.3 Å². The first kappa shape index (κ1) is 9.43. The second-order valence-electron chi connectivity index (χ2n) is 4.20. The maximum absolute atomic E-state index is 11.1. The normalized spacial score (nSPS) is 35.6. The topological polar surface area (TPSA) is 55.4 Å². The molecule has 0 aromatic carbocycles. The van der Waals surface area contributed by atoms with Crippen LogP contribution in [-0.2, 0) is 14.6 Å². The van der Waals surface area contributed by atoms with Crippen molar-refractivity contribution in [2.24, 2.45) is 0 Å². The van der Waals surface area contributed by atoms with Crippen LogP contribution in [0.1, 0.15) is 13.3 Å². The van der Waals surface area contributed by atoms with Crippen LogP contribution in [0.3, 0.4) is 0 Å². The molecule has 2 aliphatic rings. The molecule has 0 aromatic heterocycles. The van der Waals surface area contributed by atoms with Crippen molar-refractivity contribution in [3.8, 4) is 0 Å². The smallest absolute Gasteiger partial charge is 0.152 e. The molecular formula is C8H15NO3S. The summed E-state index contributed by atoms with van der Waals surface area (Å²) in [6, 6.07) is 0. The summed E-state index contributed by atoms with van der Waals surface area (Å²) in [5, 5.41) is 3.12. The molecule has 2 rings (SSSR count). The highest BCUT2D eigenvalue weighted by molar-refractivity contribution is 7.91. The summed E-state index contributed by atoms with van der Waals surface area (Å²) >= 11 is 0. The summed E-state index contributed by atoms with van der Waals surface area (Å²) in [7, 11) is -2.80.